The first kappa shape index (κ1) is 17.6. The Morgan fingerprint density at radius 3 is 2.72 bits per heavy atom. The predicted molar refractivity (Wildman–Crippen MR) is 89.9 cm³/mol. The minimum Gasteiger partial charge on any atom is -0.423 e. The molecule has 0 spiro atoms. The fourth-order valence-electron chi connectivity index (χ4n) is 3.25. The third-order valence-electron chi connectivity index (χ3n) is 4.50. The van der Waals surface area contributed by atoms with Gasteiger partial charge in [-0.2, -0.15) is 0 Å². The van der Waals surface area contributed by atoms with Crippen molar-refractivity contribution >= 4 is 5.91 Å². The summed E-state index contributed by atoms with van der Waals surface area (Å²) in [5, 5.41) is 12.1. The van der Waals surface area contributed by atoms with Crippen LogP contribution in [0, 0.1) is 13.8 Å². The molecule has 3 heterocycles. The van der Waals surface area contributed by atoms with Gasteiger partial charge in [0.25, 0.3) is 5.91 Å². The molecule has 1 amide bonds. The average Bonchev–Trinajstić information content (AvgIpc) is 3.05. The van der Waals surface area contributed by atoms with Crippen LogP contribution in [0.1, 0.15) is 65.3 Å². The number of nitrogens with zero attached hydrogens (tertiary/aromatic N) is 5. The van der Waals surface area contributed by atoms with E-state index < -0.39 is 0 Å². The monoisotopic (exact) mass is 347 g/mol. The highest BCUT2D eigenvalue weighted by molar-refractivity contribution is 5.94. The van der Waals surface area contributed by atoms with E-state index in [4.69, 9.17) is 8.94 Å². The second kappa shape index (κ2) is 7.35. The van der Waals surface area contributed by atoms with Gasteiger partial charge in [0.05, 0.1) is 0 Å². The number of aryl methyl sites for hydroxylation is 2. The van der Waals surface area contributed by atoms with Crippen molar-refractivity contribution in [2.24, 2.45) is 0 Å². The molecule has 0 aromatic carbocycles. The molecule has 1 saturated heterocycles. The fraction of sp³-hybridized carbons (Fsp3) is 0.647. The lowest BCUT2D eigenvalue weighted by atomic mass is 10.1. The van der Waals surface area contributed by atoms with Crippen molar-refractivity contribution in [2.75, 3.05) is 20.6 Å². The van der Waals surface area contributed by atoms with Gasteiger partial charge in [-0.3, -0.25) is 4.79 Å². The van der Waals surface area contributed by atoms with E-state index in [1.165, 1.54) is 0 Å². The van der Waals surface area contributed by atoms with E-state index in [9.17, 15) is 4.79 Å². The molecule has 0 bridgehead atoms. The van der Waals surface area contributed by atoms with Gasteiger partial charge in [-0.25, -0.2) is 0 Å². The number of hydrogen-bond donors (Lipinski definition) is 0. The molecule has 2 aromatic heterocycles. The van der Waals surface area contributed by atoms with Gasteiger partial charge in [0.2, 0.25) is 11.8 Å². The fourth-order valence-corrected chi connectivity index (χ4v) is 3.25. The van der Waals surface area contributed by atoms with E-state index in [0.717, 1.165) is 31.2 Å². The molecule has 8 heteroatoms. The molecular weight excluding hydrogens is 322 g/mol. The van der Waals surface area contributed by atoms with Crippen LogP contribution in [-0.2, 0) is 6.54 Å². The largest absolute Gasteiger partial charge is 0.423 e. The first-order valence-electron chi connectivity index (χ1n) is 8.68. The van der Waals surface area contributed by atoms with E-state index in [1.54, 1.807) is 6.92 Å². The van der Waals surface area contributed by atoms with Crippen LogP contribution in [0.2, 0.25) is 0 Å². The van der Waals surface area contributed by atoms with Crippen LogP contribution in [-0.4, -0.2) is 51.7 Å². The van der Waals surface area contributed by atoms with Crippen LogP contribution in [0.15, 0.2) is 8.94 Å². The zero-order chi connectivity index (χ0) is 18.0. The summed E-state index contributed by atoms with van der Waals surface area (Å²) in [6.45, 7) is 4.85. The lowest BCUT2D eigenvalue weighted by Crippen LogP contribution is -2.36. The van der Waals surface area contributed by atoms with E-state index in [0.29, 0.717) is 36.3 Å². The van der Waals surface area contributed by atoms with Crippen LogP contribution < -0.4 is 0 Å². The van der Waals surface area contributed by atoms with E-state index >= 15 is 0 Å². The predicted octanol–water partition coefficient (Wildman–Crippen LogP) is 2.49. The van der Waals surface area contributed by atoms with Gasteiger partial charge in [0.1, 0.15) is 11.8 Å². The Morgan fingerprint density at radius 1 is 1.24 bits per heavy atom. The maximum absolute atomic E-state index is 13.3. The molecular formula is C17H25N5O3. The van der Waals surface area contributed by atoms with Gasteiger partial charge >= 0.3 is 0 Å². The number of likely N-dealkylation sites (tertiary alicyclic amines) is 1. The van der Waals surface area contributed by atoms with Crippen molar-refractivity contribution < 1.29 is 13.7 Å². The molecule has 0 saturated carbocycles. The van der Waals surface area contributed by atoms with Crippen molar-refractivity contribution in [1.82, 2.24) is 25.2 Å². The first-order chi connectivity index (χ1) is 12.0. The molecule has 3 rings (SSSR count). The summed E-state index contributed by atoms with van der Waals surface area (Å²) < 4.78 is 10.9. The summed E-state index contributed by atoms with van der Waals surface area (Å²) in [6.07, 6.45) is 3.87. The summed E-state index contributed by atoms with van der Waals surface area (Å²) in [5.74, 6) is 1.56. The van der Waals surface area contributed by atoms with Crippen molar-refractivity contribution in [2.45, 2.75) is 52.1 Å². The van der Waals surface area contributed by atoms with Crippen LogP contribution in [0.25, 0.3) is 0 Å². The topological polar surface area (TPSA) is 88.5 Å². The molecule has 2 aromatic rings. The van der Waals surface area contributed by atoms with Crippen LogP contribution in [0.5, 0.6) is 0 Å². The Kier molecular flexibility index (Phi) is 5.17. The minimum atomic E-state index is -0.208. The number of carbonyl (C=O) groups is 1. The van der Waals surface area contributed by atoms with Gasteiger partial charge in [0, 0.05) is 25.6 Å². The van der Waals surface area contributed by atoms with Crippen molar-refractivity contribution in [3.05, 3.63) is 28.8 Å². The Balaban J connectivity index is 1.93. The number of aromatic nitrogens is 3. The molecule has 1 atom stereocenters. The standard InChI is InChI=1S/C17H25N5O3/c1-11-13(10-21(3)4)15(20-25-11)17(23)22-9-7-5-6-8-14(22)16-19-18-12(2)24-16/h14H,5-10H2,1-4H3. The van der Waals surface area contributed by atoms with Crippen LogP contribution in [0.3, 0.4) is 0 Å². The summed E-state index contributed by atoms with van der Waals surface area (Å²) in [4.78, 5) is 17.1. The van der Waals surface area contributed by atoms with E-state index in [-0.39, 0.29) is 11.9 Å². The van der Waals surface area contributed by atoms with Gasteiger partial charge in [0.15, 0.2) is 5.69 Å². The molecule has 1 fully saturated rings. The van der Waals surface area contributed by atoms with Gasteiger partial charge in [-0.1, -0.05) is 18.0 Å². The number of hydrogen-bond acceptors (Lipinski definition) is 7. The van der Waals surface area contributed by atoms with Crippen molar-refractivity contribution in [3.8, 4) is 0 Å². The first-order valence-corrected chi connectivity index (χ1v) is 8.68. The second-order valence-corrected chi connectivity index (χ2v) is 6.83. The molecule has 136 valence electrons. The Bertz CT molecular complexity index is 736. The third-order valence-corrected chi connectivity index (χ3v) is 4.50. The zero-order valence-corrected chi connectivity index (χ0v) is 15.3. The summed E-state index contributed by atoms with van der Waals surface area (Å²) >= 11 is 0. The molecule has 25 heavy (non-hydrogen) atoms. The lowest BCUT2D eigenvalue weighted by molar-refractivity contribution is 0.0639. The smallest absolute Gasteiger partial charge is 0.277 e. The number of carbonyl (C=O) groups excluding carboxylic acids is 1. The summed E-state index contributed by atoms with van der Waals surface area (Å²) in [5.41, 5.74) is 1.22. The average molecular weight is 347 g/mol. The number of amides is 1. The quantitative estimate of drug-likeness (QED) is 0.839. The Labute approximate surface area is 147 Å². The minimum absolute atomic E-state index is 0.128. The maximum atomic E-state index is 13.3. The molecule has 1 aliphatic heterocycles. The number of rotatable bonds is 4. The van der Waals surface area contributed by atoms with Crippen LogP contribution >= 0.6 is 0 Å². The normalized spacial score (nSPS) is 18.6. The SMILES string of the molecule is Cc1nnc(C2CCCCCN2C(=O)c2noc(C)c2CN(C)C)o1. The summed E-state index contributed by atoms with van der Waals surface area (Å²) in [6, 6.07) is -0.208. The van der Waals surface area contributed by atoms with E-state index in [1.807, 2.05) is 30.8 Å². The highest BCUT2D eigenvalue weighted by Gasteiger charge is 2.34. The second-order valence-electron chi connectivity index (χ2n) is 6.83. The molecule has 0 radical (unpaired) electrons. The van der Waals surface area contributed by atoms with Crippen LogP contribution in [0.4, 0.5) is 0 Å². The van der Waals surface area contributed by atoms with Crippen molar-refractivity contribution in [1.29, 1.82) is 0 Å². The lowest BCUT2D eigenvalue weighted by Gasteiger charge is -2.27. The molecule has 1 aliphatic rings. The van der Waals surface area contributed by atoms with Crippen molar-refractivity contribution in [3.63, 3.8) is 0 Å². The molecule has 1 unspecified atom stereocenters. The third kappa shape index (κ3) is 3.73. The van der Waals surface area contributed by atoms with Gasteiger partial charge in [-0.05, 0) is 33.9 Å². The highest BCUT2D eigenvalue weighted by atomic mass is 16.5. The molecule has 0 aliphatic carbocycles. The highest BCUT2D eigenvalue weighted by Crippen LogP contribution is 2.31. The van der Waals surface area contributed by atoms with E-state index in [2.05, 4.69) is 15.4 Å². The zero-order valence-electron chi connectivity index (χ0n) is 15.3. The molecule has 8 nitrogen and oxygen atoms in total. The van der Waals surface area contributed by atoms with Gasteiger partial charge in [-0.15, -0.1) is 10.2 Å². The Hall–Kier alpha value is -2.22. The summed E-state index contributed by atoms with van der Waals surface area (Å²) in [7, 11) is 3.91. The maximum Gasteiger partial charge on any atom is 0.277 e. The van der Waals surface area contributed by atoms with Gasteiger partial charge < -0.3 is 18.7 Å². The molecule has 0 N–H and O–H groups in total. The Morgan fingerprint density at radius 2 is 2.04 bits per heavy atom.